The van der Waals surface area contributed by atoms with Crippen LogP contribution >= 0.6 is 35.3 Å². The highest BCUT2D eigenvalue weighted by Crippen LogP contribution is 2.19. The second-order valence-corrected chi connectivity index (χ2v) is 7.91. The van der Waals surface area contributed by atoms with Crippen molar-refractivity contribution >= 4 is 41.3 Å². The van der Waals surface area contributed by atoms with Crippen molar-refractivity contribution in [2.24, 2.45) is 4.99 Å². The molecule has 2 rings (SSSR count). The van der Waals surface area contributed by atoms with Gasteiger partial charge in [0.05, 0.1) is 11.6 Å². The van der Waals surface area contributed by atoms with Crippen LogP contribution in [0.15, 0.2) is 35.5 Å². The summed E-state index contributed by atoms with van der Waals surface area (Å²) in [7, 11) is 4.09. The lowest BCUT2D eigenvalue weighted by molar-refractivity contribution is 0.259. The van der Waals surface area contributed by atoms with Crippen molar-refractivity contribution in [1.29, 1.82) is 0 Å². The number of hydrogen-bond acceptors (Lipinski definition) is 5. The first-order chi connectivity index (χ1) is 13.6. The highest BCUT2D eigenvalue weighted by atomic mass is 127. The number of aryl methyl sites for hydroxylation is 1. The lowest BCUT2D eigenvalue weighted by Crippen LogP contribution is -2.38. The van der Waals surface area contributed by atoms with Gasteiger partial charge in [-0.15, -0.1) is 35.3 Å². The maximum atomic E-state index is 5.93. The molecule has 2 aromatic rings. The van der Waals surface area contributed by atoms with Gasteiger partial charge in [-0.05, 0) is 33.5 Å². The number of aliphatic imine (C=N–C) groups is 1. The fraction of sp³-hybridized carbons (Fsp3) is 0.524. The summed E-state index contributed by atoms with van der Waals surface area (Å²) in [6.07, 6.45) is 3.93. The smallest absolute Gasteiger partial charge is 0.191 e. The lowest BCUT2D eigenvalue weighted by atomic mass is 10.2. The SMILES string of the molecule is CCNC(=NCc1ccccc1OCCN(C)C)NCCc1ncc(CC)s1.I. The zero-order valence-electron chi connectivity index (χ0n) is 17.9. The largest absolute Gasteiger partial charge is 0.492 e. The van der Waals surface area contributed by atoms with Crippen molar-refractivity contribution in [3.05, 3.63) is 45.9 Å². The molecule has 0 radical (unpaired) electrons. The van der Waals surface area contributed by atoms with Gasteiger partial charge in [-0.3, -0.25) is 0 Å². The Balaban J connectivity index is 0.00000420. The van der Waals surface area contributed by atoms with Crippen LogP contribution in [0.2, 0.25) is 0 Å². The van der Waals surface area contributed by atoms with Crippen molar-refractivity contribution in [1.82, 2.24) is 20.5 Å². The third-order valence-electron chi connectivity index (χ3n) is 4.10. The van der Waals surface area contributed by atoms with Crippen molar-refractivity contribution in [2.75, 3.05) is 40.3 Å². The fourth-order valence-electron chi connectivity index (χ4n) is 2.53. The molecule has 8 heteroatoms. The molecule has 162 valence electrons. The van der Waals surface area contributed by atoms with E-state index in [1.807, 2.05) is 38.5 Å². The summed E-state index contributed by atoms with van der Waals surface area (Å²) in [5, 5.41) is 7.88. The van der Waals surface area contributed by atoms with Crippen LogP contribution < -0.4 is 15.4 Å². The molecule has 1 aromatic heterocycles. The molecule has 0 saturated heterocycles. The number of guanidine groups is 1. The molecule has 0 spiro atoms. The standard InChI is InChI=1S/C21H33N5OS.HI/c1-5-18-16-24-20(28-18)11-12-23-21(22-6-2)25-15-17-9-7-8-10-19(17)27-14-13-26(3)4;/h7-10,16H,5-6,11-15H2,1-4H3,(H2,22,23,25);1H. The van der Waals surface area contributed by atoms with Crippen LogP contribution in [0.1, 0.15) is 29.3 Å². The quantitative estimate of drug-likeness (QED) is 0.264. The van der Waals surface area contributed by atoms with E-state index < -0.39 is 0 Å². The number of benzene rings is 1. The van der Waals surface area contributed by atoms with E-state index in [-0.39, 0.29) is 24.0 Å². The van der Waals surface area contributed by atoms with E-state index in [4.69, 9.17) is 9.73 Å². The first-order valence-electron chi connectivity index (χ1n) is 9.93. The summed E-state index contributed by atoms with van der Waals surface area (Å²) in [5.41, 5.74) is 1.09. The number of nitrogens with zero attached hydrogens (tertiary/aromatic N) is 3. The van der Waals surface area contributed by atoms with Crippen LogP contribution in [0.4, 0.5) is 0 Å². The molecule has 0 aliphatic heterocycles. The zero-order chi connectivity index (χ0) is 20.2. The number of aromatic nitrogens is 1. The summed E-state index contributed by atoms with van der Waals surface area (Å²) in [5.74, 6) is 1.72. The maximum absolute atomic E-state index is 5.93. The van der Waals surface area contributed by atoms with E-state index in [2.05, 4.69) is 40.4 Å². The van der Waals surface area contributed by atoms with Gasteiger partial charge in [0.15, 0.2) is 5.96 Å². The number of thiazole rings is 1. The molecule has 0 unspecified atom stereocenters. The maximum Gasteiger partial charge on any atom is 0.191 e. The van der Waals surface area contributed by atoms with Crippen LogP contribution in [0.25, 0.3) is 0 Å². The monoisotopic (exact) mass is 531 g/mol. The Hall–Kier alpha value is -1.39. The van der Waals surface area contributed by atoms with Gasteiger partial charge in [0.1, 0.15) is 12.4 Å². The predicted octanol–water partition coefficient (Wildman–Crippen LogP) is 3.56. The van der Waals surface area contributed by atoms with E-state index in [9.17, 15) is 0 Å². The second kappa shape index (κ2) is 14.6. The predicted molar refractivity (Wildman–Crippen MR) is 134 cm³/mol. The molecule has 0 saturated carbocycles. The first-order valence-corrected chi connectivity index (χ1v) is 10.7. The number of likely N-dealkylation sites (N-methyl/N-ethyl adjacent to an activating group) is 1. The highest BCUT2D eigenvalue weighted by molar-refractivity contribution is 14.0. The highest BCUT2D eigenvalue weighted by Gasteiger charge is 2.05. The molecule has 0 aliphatic rings. The van der Waals surface area contributed by atoms with Crippen LogP contribution in [-0.2, 0) is 19.4 Å². The summed E-state index contributed by atoms with van der Waals surface area (Å²) in [4.78, 5) is 12.6. The van der Waals surface area contributed by atoms with Crippen molar-refractivity contribution < 1.29 is 4.74 Å². The Bertz CT molecular complexity index is 735. The second-order valence-electron chi connectivity index (χ2n) is 6.71. The van der Waals surface area contributed by atoms with Gasteiger partial charge in [-0.2, -0.15) is 0 Å². The van der Waals surface area contributed by atoms with E-state index >= 15 is 0 Å². The number of ether oxygens (including phenoxy) is 1. The van der Waals surface area contributed by atoms with Crippen LogP contribution in [0.3, 0.4) is 0 Å². The van der Waals surface area contributed by atoms with Crippen LogP contribution in [-0.4, -0.2) is 56.2 Å². The average Bonchev–Trinajstić information content (AvgIpc) is 3.15. The minimum atomic E-state index is 0. The number of hydrogen-bond donors (Lipinski definition) is 2. The van der Waals surface area contributed by atoms with Gasteiger partial charge >= 0.3 is 0 Å². The van der Waals surface area contributed by atoms with Gasteiger partial charge in [-0.25, -0.2) is 9.98 Å². The van der Waals surface area contributed by atoms with Gasteiger partial charge in [0.2, 0.25) is 0 Å². The summed E-state index contributed by atoms with van der Waals surface area (Å²) < 4.78 is 5.93. The molecule has 0 bridgehead atoms. The van der Waals surface area contributed by atoms with E-state index in [1.165, 1.54) is 9.88 Å². The third-order valence-corrected chi connectivity index (χ3v) is 5.30. The summed E-state index contributed by atoms with van der Waals surface area (Å²) in [6, 6.07) is 8.10. The Kier molecular flexibility index (Phi) is 12.9. The van der Waals surface area contributed by atoms with Crippen molar-refractivity contribution in [3.63, 3.8) is 0 Å². The molecule has 1 heterocycles. The minimum Gasteiger partial charge on any atom is -0.492 e. The lowest BCUT2D eigenvalue weighted by Gasteiger charge is -2.14. The van der Waals surface area contributed by atoms with E-state index in [0.29, 0.717) is 13.2 Å². The van der Waals surface area contributed by atoms with Crippen LogP contribution in [0, 0.1) is 0 Å². The Morgan fingerprint density at radius 3 is 2.69 bits per heavy atom. The van der Waals surface area contributed by atoms with Crippen molar-refractivity contribution in [3.8, 4) is 5.75 Å². The van der Waals surface area contributed by atoms with Gasteiger partial charge in [0, 0.05) is 42.7 Å². The topological polar surface area (TPSA) is 61.8 Å². The van der Waals surface area contributed by atoms with Gasteiger partial charge in [-0.1, -0.05) is 25.1 Å². The normalized spacial score (nSPS) is 11.3. The Labute approximate surface area is 196 Å². The van der Waals surface area contributed by atoms with Crippen molar-refractivity contribution in [2.45, 2.75) is 33.2 Å². The molecule has 29 heavy (non-hydrogen) atoms. The Morgan fingerprint density at radius 2 is 2.00 bits per heavy atom. The number of halogens is 1. The zero-order valence-corrected chi connectivity index (χ0v) is 21.0. The van der Waals surface area contributed by atoms with Crippen LogP contribution in [0.5, 0.6) is 5.75 Å². The van der Waals surface area contributed by atoms with Gasteiger partial charge in [0.25, 0.3) is 0 Å². The van der Waals surface area contributed by atoms with E-state index in [1.54, 1.807) is 11.3 Å². The summed E-state index contributed by atoms with van der Waals surface area (Å²) >= 11 is 1.79. The molecule has 2 N–H and O–H groups in total. The van der Waals surface area contributed by atoms with Gasteiger partial charge < -0.3 is 20.3 Å². The third kappa shape index (κ3) is 9.77. The number of nitrogens with one attached hydrogen (secondary N) is 2. The van der Waals surface area contributed by atoms with E-state index in [0.717, 1.165) is 49.7 Å². The molecule has 1 aromatic carbocycles. The fourth-order valence-corrected chi connectivity index (χ4v) is 3.40. The average molecular weight is 532 g/mol. The molecule has 0 aliphatic carbocycles. The first kappa shape index (κ1) is 25.6. The number of para-hydroxylation sites is 1. The molecule has 0 atom stereocenters. The molecule has 6 nitrogen and oxygen atoms in total. The number of rotatable bonds is 11. The summed E-state index contributed by atoms with van der Waals surface area (Å²) in [6.45, 7) is 7.99. The molecule has 0 amide bonds. The molecule has 0 fully saturated rings. The molecular formula is C21H34IN5OS. The minimum absolute atomic E-state index is 0. The Morgan fingerprint density at radius 1 is 1.21 bits per heavy atom. The molecular weight excluding hydrogens is 497 g/mol.